The van der Waals surface area contributed by atoms with Crippen molar-refractivity contribution < 1.29 is 5.11 Å². The van der Waals surface area contributed by atoms with E-state index in [4.69, 9.17) is 17.3 Å². The first-order valence-electron chi connectivity index (χ1n) is 4.90. The van der Waals surface area contributed by atoms with Gasteiger partial charge in [-0.05, 0) is 26.1 Å². The molecular weight excluding hydrogens is 212 g/mol. The lowest BCUT2D eigenvalue weighted by atomic mass is 10.1. The van der Waals surface area contributed by atoms with Crippen molar-refractivity contribution in [2.75, 3.05) is 19.3 Å². The van der Waals surface area contributed by atoms with Gasteiger partial charge >= 0.3 is 0 Å². The maximum atomic E-state index is 9.23. The zero-order valence-electron chi connectivity index (χ0n) is 9.07. The Morgan fingerprint density at radius 3 is 2.73 bits per heavy atom. The van der Waals surface area contributed by atoms with E-state index in [1.165, 1.54) is 0 Å². The average molecular weight is 229 g/mol. The molecule has 3 N–H and O–H groups in total. The number of hydrogen-bond donors (Lipinski definition) is 2. The Morgan fingerprint density at radius 2 is 2.20 bits per heavy atom. The van der Waals surface area contributed by atoms with Gasteiger partial charge in [-0.15, -0.1) is 0 Å². The number of nitrogen functional groups attached to an aromatic ring is 1. The minimum Gasteiger partial charge on any atom is -0.398 e. The van der Waals surface area contributed by atoms with Crippen molar-refractivity contribution in [3.05, 3.63) is 28.8 Å². The summed E-state index contributed by atoms with van der Waals surface area (Å²) in [5.41, 5.74) is 7.44. The van der Waals surface area contributed by atoms with Crippen LogP contribution in [-0.2, 0) is 6.54 Å². The normalized spacial score (nSPS) is 13.1. The van der Waals surface area contributed by atoms with Crippen LogP contribution < -0.4 is 5.73 Å². The van der Waals surface area contributed by atoms with Gasteiger partial charge in [0.2, 0.25) is 0 Å². The molecule has 0 aliphatic rings. The number of aliphatic hydroxyl groups excluding tert-OH is 1. The number of nitrogens with zero attached hydrogens (tertiary/aromatic N) is 1. The van der Waals surface area contributed by atoms with Crippen molar-refractivity contribution in [1.29, 1.82) is 0 Å². The lowest BCUT2D eigenvalue weighted by Gasteiger charge is -2.19. The fourth-order valence-electron chi connectivity index (χ4n) is 1.53. The molecule has 4 heteroatoms. The molecule has 1 unspecified atom stereocenters. The highest BCUT2D eigenvalue weighted by Crippen LogP contribution is 2.23. The number of likely N-dealkylation sites (N-methyl/N-ethyl adjacent to an activating group) is 1. The molecule has 84 valence electrons. The number of aliphatic hydroxyl groups is 1. The fraction of sp³-hybridized carbons (Fsp3) is 0.455. The summed E-state index contributed by atoms with van der Waals surface area (Å²) in [5, 5.41) is 9.91. The standard InChI is InChI=1S/C11H17ClN2O/c1-8(15)6-14(2)7-9-10(12)4-3-5-11(9)13/h3-5,8,15H,6-7,13H2,1-2H3. The van der Waals surface area contributed by atoms with E-state index in [-0.39, 0.29) is 6.10 Å². The first-order valence-corrected chi connectivity index (χ1v) is 5.28. The topological polar surface area (TPSA) is 49.5 Å². The zero-order valence-corrected chi connectivity index (χ0v) is 9.83. The van der Waals surface area contributed by atoms with Gasteiger partial charge < -0.3 is 10.8 Å². The van der Waals surface area contributed by atoms with E-state index in [2.05, 4.69) is 0 Å². The minimum atomic E-state index is -0.348. The molecule has 0 aromatic heterocycles. The summed E-state index contributed by atoms with van der Waals surface area (Å²) < 4.78 is 0. The minimum absolute atomic E-state index is 0.348. The Kier molecular flexibility index (Phi) is 4.39. The zero-order chi connectivity index (χ0) is 11.4. The van der Waals surface area contributed by atoms with E-state index in [9.17, 15) is 5.11 Å². The summed E-state index contributed by atoms with van der Waals surface area (Å²) in [6.07, 6.45) is -0.348. The van der Waals surface area contributed by atoms with Gasteiger partial charge in [-0.2, -0.15) is 0 Å². The number of hydrogen-bond acceptors (Lipinski definition) is 3. The molecule has 1 rings (SSSR count). The van der Waals surface area contributed by atoms with Crippen LogP contribution in [0, 0.1) is 0 Å². The van der Waals surface area contributed by atoms with Crippen molar-refractivity contribution in [3.8, 4) is 0 Å². The molecule has 1 aromatic rings. The van der Waals surface area contributed by atoms with Crippen LogP contribution in [-0.4, -0.2) is 29.7 Å². The number of anilines is 1. The van der Waals surface area contributed by atoms with Crippen LogP contribution in [0.3, 0.4) is 0 Å². The number of halogens is 1. The molecule has 0 saturated heterocycles. The molecule has 0 spiro atoms. The molecule has 1 atom stereocenters. The van der Waals surface area contributed by atoms with Crippen LogP contribution in [0.25, 0.3) is 0 Å². The molecule has 0 aliphatic heterocycles. The maximum absolute atomic E-state index is 9.23. The van der Waals surface area contributed by atoms with Gasteiger partial charge in [-0.3, -0.25) is 4.90 Å². The summed E-state index contributed by atoms with van der Waals surface area (Å²) in [6.45, 7) is 3.01. The van der Waals surface area contributed by atoms with E-state index >= 15 is 0 Å². The van der Waals surface area contributed by atoms with Gasteiger partial charge in [0.05, 0.1) is 6.10 Å². The lowest BCUT2D eigenvalue weighted by Crippen LogP contribution is -2.27. The molecule has 15 heavy (non-hydrogen) atoms. The number of benzene rings is 1. The summed E-state index contributed by atoms with van der Waals surface area (Å²) >= 11 is 6.04. The van der Waals surface area contributed by atoms with E-state index in [1.807, 2.05) is 30.1 Å². The van der Waals surface area contributed by atoms with Crippen molar-refractivity contribution >= 4 is 17.3 Å². The Hall–Kier alpha value is -0.770. The van der Waals surface area contributed by atoms with Crippen molar-refractivity contribution in [2.45, 2.75) is 19.6 Å². The van der Waals surface area contributed by atoms with Crippen LogP contribution >= 0.6 is 11.6 Å². The van der Waals surface area contributed by atoms with Gasteiger partial charge in [0, 0.05) is 29.4 Å². The maximum Gasteiger partial charge on any atom is 0.0639 e. The highest BCUT2D eigenvalue weighted by Gasteiger charge is 2.09. The van der Waals surface area contributed by atoms with Gasteiger partial charge in [-0.1, -0.05) is 17.7 Å². The van der Waals surface area contributed by atoms with Crippen LogP contribution in [0.2, 0.25) is 5.02 Å². The molecule has 0 radical (unpaired) electrons. The Balaban J connectivity index is 2.71. The predicted octanol–water partition coefficient (Wildman–Crippen LogP) is 1.73. The summed E-state index contributed by atoms with van der Waals surface area (Å²) in [4.78, 5) is 1.99. The molecule has 1 aromatic carbocycles. The van der Waals surface area contributed by atoms with Crippen molar-refractivity contribution in [3.63, 3.8) is 0 Å². The summed E-state index contributed by atoms with van der Waals surface area (Å²) in [6, 6.07) is 5.48. The third-order valence-corrected chi connectivity index (χ3v) is 2.51. The smallest absolute Gasteiger partial charge is 0.0639 e. The van der Waals surface area contributed by atoms with Gasteiger partial charge in [0.15, 0.2) is 0 Å². The first-order chi connectivity index (χ1) is 7.00. The quantitative estimate of drug-likeness (QED) is 0.772. The second-order valence-corrected chi connectivity index (χ2v) is 4.26. The third kappa shape index (κ3) is 3.70. The Bertz CT molecular complexity index is 308. The summed E-state index contributed by atoms with van der Waals surface area (Å²) in [5.74, 6) is 0. The Morgan fingerprint density at radius 1 is 1.53 bits per heavy atom. The van der Waals surface area contributed by atoms with Crippen molar-refractivity contribution in [1.82, 2.24) is 4.90 Å². The highest BCUT2D eigenvalue weighted by atomic mass is 35.5. The molecule has 3 nitrogen and oxygen atoms in total. The number of rotatable bonds is 4. The van der Waals surface area contributed by atoms with E-state index in [0.717, 1.165) is 5.56 Å². The van der Waals surface area contributed by atoms with Gasteiger partial charge in [0.25, 0.3) is 0 Å². The SMILES string of the molecule is CC(O)CN(C)Cc1c(N)cccc1Cl. The van der Waals surface area contributed by atoms with Crippen LogP contribution in [0.1, 0.15) is 12.5 Å². The first kappa shape index (κ1) is 12.3. The highest BCUT2D eigenvalue weighted by molar-refractivity contribution is 6.31. The average Bonchev–Trinajstić information content (AvgIpc) is 2.10. The Labute approximate surface area is 95.5 Å². The number of nitrogens with two attached hydrogens (primary N) is 1. The van der Waals surface area contributed by atoms with Gasteiger partial charge in [0.1, 0.15) is 0 Å². The molecule has 0 heterocycles. The molecular formula is C11H17ClN2O. The molecule has 0 fully saturated rings. The molecule has 0 aliphatic carbocycles. The van der Waals surface area contributed by atoms with E-state index in [1.54, 1.807) is 6.92 Å². The van der Waals surface area contributed by atoms with E-state index < -0.39 is 0 Å². The second-order valence-electron chi connectivity index (χ2n) is 3.85. The predicted molar refractivity (Wildman–Crippen MR) is 63.9 cm³/mol. The monoisotopic (exact) mass is 228 g/mol. The second kappa shape index (κ2) is 5.35. The molecule has 0 saturated carbocycles. The molecule has 0 amide bonds. The fourth-order valence-corrected chi connectivity index (χ4v) is 1.77. The van der Waals surface area contributed by atoms with Crippen LogP contribution in [0.15, 0.2) is 18.2 Å². The largest absolute Gasteiger partial charge is 0.398 e. The molecule has 0 bridgehead atoms. The van der Waals surface area contributed by atoms with Gasteiger partial charge in [-0.25, -0.2) is 0 Å². The summed E-state index contributed by atoms with van der Waals surface area (Å²) in [7, 11) is 1.93. The lowest BCUT2D eigenvalue weighted by molar-refractivity contribution is 0.138. The van der Waals surface area contributed by atoms with E-state index in [0.29, 0.717) is 23.8 Å². The van der Waals surface area contributed by atoms with Crippen molar-refractivity contribution in [2.24, 2.45) is 0 Å². The van der Waals surface area contributed by atoms with Crippen LogP contribution in [0.4, 0.5) is 5.69 Å². The van der Waals surface area contributed by atoms with Crippen LogP contribution in [0.5, 0.6) is 0 Å². The third-order valence-electron chi connectivity index (χ3n) is 2.16.